The summed E-state index contributed by atoms with van der Waals surface area (Å²) in [7, 11) is 1.87. The number of hydrogen-bond donors (Lipinski definition) is 3. The van der Waals surface area contributed by atoms with E-state index in [0.29, 0.717) is 28.6 Å². The summed E-state index contributed by atoms with van der Waals surface area (Å²) >= 11 is 3.33. The lowest BCUT2D eigenvalue weighted by atomic mass is 9.89. The summed E-state index contributed by atoms with van der Waals surface area (Å²) in [5.74, 6) is -1.31. The molecule has 1 aliphatic rings. The molecule has 1 fully saturated rings. The molecule has 2 heterocycles. The van der Waals surface area contributed by atoms with Gasteiger partial charge in [-0.3, -0.25) is 4.79 Å². The van der Waals surface area contributed by atoms with Crippen molar-refractivity contribution in [2.75, 3.05) is 20.2 Å². The van der Waals surface area contributed by atoms with Crippen LogP contribution in [0.15, 0.2) is 44.0 Å². The van der Waals surface area contributed by atoms with Crippen molar-refractivity contribution in [3.8, 4) is 22.8 Å². The number of aliphatic hydroxyl groups is 1. The van der Waals surface area contributed by atoms with Crippen LogP contribution in [0.5, 0.6) is 11.5 Å². The summed E-state index contributed by atoms with van der Waals surface area (Å²) in [4.78, 5) is 14.8. The molecular formula is C21H19BrFNO5. The maximum atomic E-state index is 13.8. The molecule has 1 aromatic heterocycles. The number of hydrogen-bond acceptors (Lipinski definition) is 6. The highest BCUT2D eigenvalue weighted by Crippen LogP contribution is 2.44. The van der Waals surface area contributed by atoms with E-state index in [1.54, 1.807) is 0 Å². The summed E-state index contributed by atoms with van der Waals surface area (Å²) in [5.41, 5.74) is 0.218. The number of phenolic OH excluding ortho intramolecular Hbond substituents is 2. The third kappa shape index (κ3) is 3.31. The number of likely N-dealkylation sites (tertiary alicyclic amines) is 1. The quantitative estimate of drug-likeness (QED) is 0.549. The first-order valence-corrected chi connectivity index (χ1v) is 9.90. The zero-order valence-electron chi connectivity index (χ0n) is 15.5. The number of aromatic hydroxyl groups is 2. The summed E-state index contributed by atoms with van der Waals surface area (Å²) in [5, 5.41) is 30.7. The molecule has 3 aromatic rings. The van der Waals surface area contributed by atoms with Crippen LogP contribution in [0.4, 0.5) is 4.39 Å². The second-order valence-electron chi connectivity index (χ2n) is 7.26. The second kappa shape index (κ2) is 7.44. The van der Waals surface area contributed by atoms with E-state index in [1.165, 1.54) is 24.3 Å². The SMILES string of the molecule is CN1CC[C@H](c2c(O)cc(O)c3c(=O)cc(-c4cc(F)ccc4Br)oc23)[C@H]1CO. The van der Waals surface area contributed by atoms with Crippen molar-refractivity contribution in [2.24, 2.45) is 0 Å². The highest BCUT2D eigenvalue weighted by atomic mass is 79.9. The number of benzene rings is 2. The lowest BCUT2D eigenvalue weighted by Crippen LogP contribution is -2.32. The van der Waals surface area contributed by atoms with Crippen molar-refractivity contribution in [2.45, 2.75) is 18.4 Å². The Balaban J connectivity index is 2.03. The predicted molar refractivity (Wildman–Crippen MR) is 110 cm³/mol. The molecule has 3 N–H and O–H groups in total. The molecule has 4 rings (SSSR count). The van der Waals surface area contributed by atoms with Gasteiger partial charge in [0, 0.05) is 39.7 Å². The standard InChI is InChI=1S/C21H19BrFNO5/c1-24-5-4-11(14(24)9-25)19-15(26)7-16(27)20-17(28)8-18(29-21(19)20)12-6-10(23)2-3-13(12)22/h2-3,6-8,11,14,25-27H,4-5,9H2,1H3/t11-,14+/m0/s1. The van der Waals surface area contributed by atoms with Gasteiger partial charge in [0.15, 0.2) is 5.43 Å². The number of nitrogens with zero attached hydrogens (tertiary/aromatic N) is 1. The Morgan fingerprint density at radius 1 is 1.24 bits per heavy atom. The average molecular weight is 464 g/mol. The topological polar surface area (TPSA) is 94.1 Å². The number of aliphatic hydroxyl groups excluding tert-OH is 1. The Morgan fingerprint density at radius 3 is 2.72 bits per heavy atom. The molecular weight excluding hydrogens is 445 g/mol. The van der Waals surface area contributed by atoms with Crippen LogP contribution in [-0.2, 0) is 0 Å². The minimum Gasteiger partial charge on any atom is -0.507 e. The van der Waals surface area contributed by atoms with Crippen LogP contribution in [0.25, 0.3) is 22.3 Å². The number of phenols is 2. The van der Waals surface area contributed by atoms with Gasteiger partial charge in [-0.05, 0) is 38.2 Å². The fraction of sp³-hybridized carbons (Fsp3) is 0.286. The molecule has 0 saturated carbocycles. The molecule has 29 heavy (non-hydrogen) atoms. The Labute approximate surface area is 173 Å². The largest absolute Gasteiger partial charge is 0.507 e. The number of fused-ring (bicyclic) bond motifs is 1. The van der Waals surface area contributed by atoms with Gasteiger partial charge in [-0.1, -0.05) is 15.9 Å². The number of rotatable bonds is 3. The normalized spacial score (nSPS) is 19.9. The van der Waals surface area contributed by atoms with Crippen LogP contribution in [0, 0.1) is 5.82 Å². The summed E-state index contributed by atoms with van der Waals surface area (Å²) in [6.45, 7) is 0.555. The minimum atomic E-state index is -0.511. The first-order chi connectivity index (χ1) is 13.8. The fourth-order valence-corrected chi connectivity index (χ4v) is 4.55. The van der Waals surface area contributed by atoms with Crippen LogP contribution in [0.3, 0.4) is 0 Å². The molecule has 2 aromatic carbocycles. The van der Waals surface area contributed by atoms with Crippen molar-refractivity contribution in [1.29, 1.82) is 0 Å². The Hall–Kier alpha value is -2.42. The molecule has 152 valence electrons. The van der Waals surface area contributed by atoms with E-state index >= 15 is 0 Å². The van der Waals surface area contributed by atoms with E-state index < -0.39 is 17.0 Å². The molecule has 6 nitrogen and oxygen atoms in total. The maximum absolute atomic E-state index is 13.8. The van der Waals surface area contributed by atoms with Gasteiger partial charge in [0.2, 0.25) is 0 Å². The van der Waals surface area contributed by atoms with Crippen LogP contribution in [-0.4, -0.2) is 46.5 Å². The molecule has 8 heteroatoms. The van der Waals surface area contributed by atoms with Gasteiger partial charge in [0.1, 0.15) is 34.0 Å². The van der Waals surface area contributed by atoms with Gasteiger partial charge >= 0.3 is 0 Å². The van der Waals surface area contributed by atoms with Crippen molar-refractivity contribution >= 4 is 26.9 Å². The van der Waals surface area contributed by atoms with Gasteiger partial charge in [-0.15, -0.1) is 0 Å². The lowest BCUT2D eigenvalue weighted by Gasteiger charge is -2.24. The molecule has 0 amide bonds. The third-order valence-corrected chi connectivity index (χ3v) is 6.26. The van der Waals surface area contributed by atoms with E-state index in [2.05, 4.69) is 15.9 Å². The molecule has 1 aliphatic heterocycles. The van der Waals surface area contributed by atoms with Gasteiger partial charge in [0.25, 0.3) is 0 Å². The van der Waals surface area contributed by atoms with E-state index in [1.807, 2.05) is 11.9 Å². The zero-order chi connectivity index (χ0) is 20.9. The Bertz CT molecular complexity index is 1160. The highest BCUT2D eigenvalue weighted by Gasteiger charge is 2.36. The van der Waals surface area contributed by atoms with Crippen molar-refractivity contribution in [1.82, 2.24) is 4.90 Å². The molecule has 0 aliphatic carbocycles. The monoisotopic (exact) mass is 463 g/mol. The van der Waals surface area contributed by atoms with Crippen LogP contribution < -0.4 is 5.43 Å². The van der Waals surface area contributed by atoms with Crippen LogP contribution in [0.2, 0.25) is 0 Å². The van der Waals surface area contributed by atoms with E-state index in [0.717, 1.165) is 6.07 Å². The average Bonchev–Trinajstić information content (AvgIpc) is 3.03. The van der Waals surface area contributed by atoms with Crippen LogP contribution in [0.1, 0.15) is 17.9 Å². The molecule has 0 radical (unpaired) electrons. The zero-order valence-corrected chi connectivity index (χ0v) is 17.1. The molecule has 0 unspecified atom stereocenters. The Morgan fingerprint density at radius 2 is 2.00 bits per heavy atom. The van der Waals surface area contributed by atoms with Crippen LogP contribution >= 0.6 is 15.9 Å². The Kier molecular flexibility index (Phi) is 5.10. The minimum absolute atomic E-state index is 0.0416. The van der Waals surface area contributed by atoms with Crippen molar-refractivity contribution in [3.05, 3.63) is 56.4 Å². The van der Waals surface area contributed by atoms with E-state index in [-0.39, 0.29) is 41.0 Å². The lowest BCUT2D eigenvalue weighted by molar-refractivity contribution is 0.172. The second-order valence-corrected chi connectivity index (χ2v) is 8.11. The van der Waals surface area contributed by atoms with Gasteiger partial charge in [-0.25, -0.2) is 4.39 Å². The van der Waals surface area contributed by atoms with Crippen molar-refractivity contribution in [3.63, 3.8) is 0 Å². The summed E-state index contributed by atoms with van der Waals surface area (Å²) in [6.07, 6.45) is 0.632. The molecule has 1 saturated heterocycles. The first-order valence-electron chi connectivity index (χ1n) is 9.11. The molecule has 2 atom stereocenters. The molecule has 0 spiro atoms. The maximum Gasteiger partial charge on any atom is 0.197 e. The van der Waals surface area contributed by atoms with Crippen molar-refractivity contribution < 1.29 is 24.1 Å². The number of halogens is 2. The predicted octanol–water partition coefficient (Wildman–Crippen LogP) is 3.55. The number of likely N-dealkylation sites (N-methyl/N-ethyl adjacent to an activating group) is 1. The third-order valence-electron chi connectivity index (χ3n) is 5.57. The van der Waals surface area contributed by atoms with Gasteiger partial charge in [0.05, 0.1) is 6.61 Å². The fourth-order valence-electron chi connectivity index (χ4n) is 4.11. The first kappa shape index (κ1) is 19.9. The summed E-state index contributed by atoms with van der Waals surface area (Å²) in [6, 6.07) is 6.05. The summed E-state index contributed by atoms with van der Waals surface area (Å²) < 4.78 is 20.3. The molecule has 0 bridgehead atoms. The van der Waals surface area contributed by atoms with Gasteiger partial charge < -0.3 is 24.6 Å². The van der Waals surface area contributed by atoms with E-state index in [4.69, 9.17) is 4.42 Å². The smallest absolute Gasteiger partial charge is 0.197 e. The highest BCUT2D eigenvalue weighted by molar-refractivity contribution is 9.10. The van der Waals surface area contributed by atoms with Gasteiger partial charge in [-0.2, -0.15) is 0 Å². The van der Waals surface area contributed by atoms with E-state index in [9.17, 15) is 24.5 Å².